The van der Waals surface area contributed by atoms with Gasteiger partial charge in [-0.05, 0) is 84.7 Å². The van der Waals surface area contributed by atoms with Crippen molar-refractivity contribution in [1.29, 1.82) is 0 Å². The van der Waals surface area contributed by atoms with Gasteiger partial charge in [-0.3, -0.25) is 0 Å². The van der Waals surface area contributed by atoms with E-state index in [-0.39, 0.29) is 13.2 Å². The predicted molar refractivity (Wildman–Crippen MR) is 80.8 cm³/mol. The molecule has 0 radical (unpaired) electrons. The number of rotatable bonds is 2. The van der Waals surface area contributed by atoms with Crippen LogP contribution in [0.5, 0.6) is 0 Å². The maximum atomic E-state index is 9.93. The molecule has 0 bridgehead atoms. The van der Waals surface area contributed by atoms with Gasteiger partial charge in [-0.2, -0.15) is 0 Å². The smallest absolute Gasteiger partial charge is 0.0687 e. The van der Waals surface area contributed by atoms with Crippen molar-refractivity contribution in [2.24, 2.45) is 0 Å². The Kier molecular flexibility index (Phi) is 4.42. The van der Waals surface area contributed by atoms with Crippen molar-refractivity contribution < 1.29 is 10.2 Å². The monoisotopic (exact) mass is 274 g/mol. The highest BCUT2D eigenvalue weighted by molar-refractivity contribution is 5.53. The van der Waals surface area contributed by atoms with E-state index in [0.717, 1.165) is 25.7 Å². The molecule has 0 aromatic heterocycles. The standard InChI is InChI=1S/C18H26O2/c19-11-17-13-7-3-1-4-8-14(13)18(12-20)16-10-6-2-5-9-15(16)17/h19-20H,1-12H2. The number of aliphatic hydroxyl groups is 2. The van der Waals surface area contributed by atoms with E-state index in [1.807, 2.05) is 0 Å². The van der Waals surface area contributed by atoms with Crippen LogP contribution in [0.4, 0.5) is 0 Å². The van der Waals surface area contributed by atoms with Crippen LogP contribution in [0.25, 0.3) is 0 Å². The summed E-state index contributed by atoms with van der Waals surface area (Å²) in [4.78, 5) is 0. The zero-order valence-corrected chi connectivity index (χ0v) is 12.4. The lowest BCUT2D eigenvalue weighted by Gasteiger charge is -2.23. The number of fused-ring (bicyclic) bond motifs is 2. The van der Waals surface area contributed by atoms with Crippen LogP contribution in [-0.4, -0.2) is 10.2 Å². The average Bonchev–Trinajstić information content (AvgIpc) is 2.84. The van der Waals surface area contributed by atoms with Crippen LogP contribution < -0.4 is 0 Å². The highest BCUT2D eigenvalue weighted by atomic mass is 16.3. The third-order valence-corrected chi connectivity index (χ3v) is 5.21. The zero-order chi connectivity index (χ0) is 13.9. The molecule has 110 valence electrons. The van der Waals surface area contributed by atoms with Crippen molar-refractivity contribution in [3.05, 3.63) is 33.4 Å². The molecule has 0 amide bonds. The molecule has 3 rings (SSSR count). The lowest BCUT2D eigenvalue weighted by Crippen LogP contribution is -2.12. The third-order valence-electron chi connectivity index (χ3n) is 5.21. The molecule has 2 N–H and O–H groups in total. The molecule has 0 fully saturated rings. The molecule has 0 unspecified atom stereocenters. The molecule has 20 heavy (non-hydrogen) atoms. The van der Waals surface area contributed by atoms with Crippen LogP contribution in [0, 0.1) is 0 Å². The molecule has 2 aliphatic rings. The van der Waals surface area contributed by atoms with E-state index < -0.39 is 0 Å². The maximum Gasteiger partial charge on any atom is 0.0687 e. The van der Waals surface area contributed by atoms with Gasteiger partial charge in [0.2, 0.25) is 0 Å². The lowest BCUT2D eigenvalue weighted by atomic mass is 9.83. The Morgan fingerprint density at radius 1 is 0.500 bits per heavy atom. The topological polar surface area (TPSA) is 40.5 Å². The van der Waals surface area contributed by atoms with E-state index in [0.29, 0.717) is 0 Å². The molecule has 0 aliphatic heterocycles. The minimum Gasteiger partial charge on any atom is -0.392 e. The predicted octanol–water partition coefficient (Wildman–Crippen LogP) is 3.21. The van der Waals surface area contributed by atoms with Crippen molar-refractivity contribution in [3.63, 3.8) is 0 Å². The Bertz CT molecular complexity index is 409. The van der Waals surface area contributed by atoms with Gasteiger partial charge in [-0.25, -0.2) is 0 Å². The van der Waals surface area contributed by atoms with Gasteiger partial charge in [0.1, 0.15) is 0 Å². The minimum absolute atomic E-state index is 0.177. The highest BCUT2D eigenvalue weighted by Gasteiger charge is 2.24. The van der Waals surface area contributed by atoms with E-state index in [9.17, 15) is 10.2 Å². The fraction of sp³-hybridized carbons (Fsp3) is 0.667. The highest BCUT2D eigenvalue weighted by Crippen LogP contribution is 2.36. The minimum atomic E-state index is 0.177. The molecule has 1 aromatic rings. The Morgan fingerprint density at radius 3 is 1.05 bits per heavy atom. The average molecular weight is 274 g/mol. The molecule has 0 saturated carbocycles. The molecular formula is C18H26O2. The Balaban J connectivity index is 2.23. The molecular weight excluding hydrogens is 248 g/mol. The number of hydrogen-bond donors (Lipinski definition) is 2. The first-order valence-electron chi connectivity index (χ1n) is 8.25. The number of aliphatic hydroxyl groups excluding tert-OH is 2. The van der Waals surface area contributed by atoms with Gasteiger partial charge in [0.25, 0.3) is 0 Å². The van der Waals surface area contributed by atoms with Crippen molar-refractivity contribution in [3.8, 4) is 0 Å². The molecule has 2 aliphatic carbocycles. The first kappa shape index (κ1) is 14.1. The van der Waals surface area contributed by atoms with Crippen molar-refractivity contribution >= 4 is 0 Å². The van der Waals surface area contributed by atoms with Crippen molar-refractivity contribution in [2.75, 3.05) is 0 Å². The summed E-state index contributed by atoms with van der Waals surface area (Å²) in [5.41, 5.74) is 7.97. The second-order valence-corrected chi connectivity index (χ2v) is 6.31. The van der Waals surface area contributed by atoms with Gasteiger partial charge in [0.05, 0.1) is 13.2 Å². The second kappa shape index (κ2) is 6.28. The molecule has 2 heteroatoms. The summed E-state index contributed by atoms with van der Waals surface area (Å²) < 4.78 is 0. The first-order valence-corrected chi connectivity index (χ1v) is 8.25. The van der Waals surface area contributed by atoms with E-state index >= 15 is 0 Å². The summed E-state index contributed by atoms with van der Waals surface area (Å²) in [6, 6.07) is 0. The van der Waals surface area contributed by atoms with E-state index in [1.54, 1.807) is 0 Å². The molecule has 1 aromatic carbocycles. The van der Waals surface area contributed by atoms with Crippen LogP contribution in [0.1, 0.15) is 71.9 Å². The normalized spacial score (nSPS) is 18.9. The summed E-state index contributed by atoms with van der Waals surface area (Å²) in [5.74, 6) is 0. The largest absolute Gasteiger partial charge is 0.392 e. The molecule has 2 nitrogen and oxygen atoms in total. The molecule has 0 saturated heterocycles. The van der Waals surface area contributed by atoms with Gasteiger partial charge in [-0.15, -0.1) is 0 Å². The molecule has 0 heterocycles. The maximum absolute atomic E-state index is 9.93. The van der Waals surface area contributed by atoms with Gasteiger partial charge in [0.15, 0.2) is 0 Å². The lowest BCUT2D eigenvalue weighted by molar-refractivity contribution is 0.274. The number of benzene rings is 1. The SMILES string of the molecule is OCc1c2c(c(CO)c3c1CCCCC3)CCCCC2. The molecule has 0 spiro atoms. The van der Waals surface area contributed by atoms with Gasteiger partial charge >= 0.3 is 0 Å². The van der Waals surface area contributed by atoms with Gasteiger partial charge < -0.3 is 10.2 Å². The van der Waals surface area contributed by atoms with Gasteiger partial charge in [-0.1, -0.05) is 12.8 Å². The summed E-state index contributed by atoms with van der Waals surface area (Å²) in [6.07, 6.45) is 11.8. The van der Waals surface area contributed by atoms with Crippen LogP contribution in [-0.2, 0) is 38.9 Å². The Labute approximate surface area is 121 Å². The van der Waals surface area contributed by atoms with Crippen LogP contribution >= 0.6 is 0 Å². The summed E-state index contributed by atoms with van der Waals surface area (Å²) in [6.45, 7) is 0.354. The van der Waals surface area contributed by atoms with Crippen molar-refractivity contribution in [1.82, 2.24) is 0 Å². The van der Waals surface area contributed by atoms with E-state index in [1.165, 1.54) is 71.9 Å². The van der Waals surface area contributed by atoms with Crippen LogP contribution in [0.3, 0.4) is 0 Å². The quantitative estimate of drug-likeness (QED) is 0.813. The fourth-order valence-electron chi connectivity index (χ4n) is 4.24. The molecule has 0 atom stereocenters. The Hall–Kier alpha value is -0.860. The van der Waals surface area contributed by atoms with Crippen LogP contribution in [0.15, 0.2) is 0 Å². The summed E-state index contributed by atoms with van der Waals surface area (Å²) in [7, 11) is 0. The fourth-order valence-corrected chi connectivity index (χ4v) is 4.24. The van der Waals surface area contributed by atoms with E-state index in [2.05, 4.69) is 0 Å². The van der Waals surface area contributed by atoms with E-state index in [4.69, 9.17) is 0 Å². The first-order chi connectivity index (χ1) is 9.86. The van der Waals surface area contributed by atoms with Crippen LogP contribution in [0.2, 0.25) is 0 Å². The van der Waals surface area contributed by atoms with Crippen molar-refractivity contribution in [2.45, 2.75) is 77.4 Å². The number of hydrogen-bond acceptors (Lipinski definition) is 2. The summed E-state index contributed by atoms with van der Waals surface area (Å²) >= 11 is 0. The zero-order valence-electron chi connectivity index (χ0n) is 12.4. The second-order valence-electron chi connectivity index (χ2n) is 6.31. The van der Waals surface area contributed by atoms with Gasteiger partial charge in [0, 0.05) is 0 Å². The Morgan fingerprint density at radius 2 is 0.800 bits per heavy atom. The summed E-state index contributed by atoms with van der Waals surface area (Å²) in [5, 5.41) is 19.9. The third kappa shape index (κ3) is 2.40.